The Labute approximate surface area is 136 Å². The van der Waals surface area contributed by atoms with Gasteiger partial charge in [0.25, 0.3) is 0 Å². The van der Waals surface area contributed by atoms with Crippen molar-refractivity contribution in [3.63, 3.8) is 0 Å². The van der Waals surface area contributed by atoms with Crippen LogP contribution < -0.4 is 5.63 Å². The fraction of sp³-hybridized carbons (Fsp3) is 0. The van der Waals surface area contributed by atoms with Gasteiger partial charge in [-0.15, -0.1) is 0 Å². The third-order valence-electron chi connectivity index (χ3n) is 3.89. The van der Waals surface area contributed by atoms with E-state index >= 15 is 0 Å². The van der Waals surface area contributed by atoms with Crippen molar-refractivity contribution in [2.45, 2.75) is 0 Å². The van der Waals surface area contributed by atoms with E-state index < -0.39 is 5.63 Å². The molecule has 1 heterocycles. The summed E-state index contributed by atoms with van der Waals surface area (Å²) in [6.07, 6.45) is 0. The highest BCUT2D eigenvalue weighted by molar-refractivity contribution is 6.33. The van der Waals surface area contributed by atoms with Gasteiger partial charge in [0.1, 0.15) is 11.3 Å². The van der Waals surface area contributed by atoms with Gasteiger partial charge in [-0.05, 0) is 29.8 Å². The molecule has 3 aromatic carbocycles. The minimum atomic E-state index is -0.427. The van der Waals surface area contributed by atoms with E-state index in [2.05, 4.69) is 0 Å². The van der Waals surface area contributed by atoms with Crippen LogP contribution in [0.5, 0.6) is 5.75 Å². The Balaban J connectivity index is 2.12. The van der Waals surface area contributed by atoms with Gasteiger partial charge in [-0.2, -0.15) is 0 Å². The zero-order valence-corrected chi connectivity index (χ0v) is 12.7. The van der Waals surface area contributed by atoms with E-state index in [4.69, 9.17) is 16.0 Å². The van der Waals surface area contributed by atoms with Crippen molar-refractivity contribution in [1.82, 2.24) is 0 Å². The molecule has 4 heteroatoms. The summed E-state index contributed by atoms with van der Waals surface area (Å²) in [5.41, 5.74) is 1.37. The normalized spacial score (nSPS) is 11.2. The Hall–Kier alpha value is -2.78. The fourth-order valence-electron chi connectivity index (χ4n) is 2.84. The second-order valence-corrected chi connectivity index (χ2v) is 5.69. The lowest BCUT2D eigenvalue weighted by molar-refractivity contribution is 0.480. The maximum Gasteiger partial charge on any atom is 0.344 e. The van der Waals surface area contributed by atoms with Crippen LogP contribution in [0.4, 0.5) is 0 Å². The van der Waals surface area contributed by atoms with E-state index in [-0.39, 0.29) is 5.75 Å². The lowest BCUT2D eigenvalue weighted by Gasteiger charge is -2.09. The molecule has 0 aliphatic rings. The summed E-state index contributed by atoms with van der Waals surface area (Å²) in [4.78, 5) is 12.1. The molecule has 23 heavy (non-hydrogen) atoms. The first-order chi connectivity index (χ1) is 11.1. The van der Waals surface area contributed by atoms with E-state index in [1.807, 2.05) is 24.3 Å². The van der Waals surface area contributed by atoms with Gasteiger partial charge in [-0.3, -0.25) is 0 Å². The topological polar surface area (TPSA) is 50.4 Å². The molecule has 0 spiro atoms. The van der Waals surface area contributed by atoms with Gasteiger partial charge in [0.2, 0.25) is 0 Å². The number of aromatic hydroxyl groups is 1. The summed E-state index contributed by atoms with van der Waals surface area (Å²) in [7, 11) is 0. The number of hydrogen-bond acceptors (Lipinski definition) is 3. The van der Waals surface area contributed by atoms with Gasteiger partial charge < -0.3 is 9.52 Å². The molecule has 0 aliphatic carbocycles. The van der Waals surface area contributed by atoms with Crippen LogP contribution in [0, 0.1) is 0 Å². The first kappa shape index (κ1) is 13.9. The smallest absolute Gasteiger partial charge is 0.344 e. The van der Waals surface area contributed by atoms with Gasteiger partial charge in [-0.1, -0.05) is 48.0 Å². The number of benzene rings is 3. The Bertz CT molecular complexity index is 1110. The van der Waals surface area contributed by atoms with E-state index in [0.717, 1.165) is 5.56 Å². The minimum absolute atomic E-state index is 0.0531. The van der Waals surface area contributed by atoms with Crippen LogP contribution in [-0.4, -0.2) is 5.11 Å². The molecule has 0 saturated carbocycles. The molecule has 0 fully saturated rings. The lowest BCUT2D eigenvalue weighted by Crippen LogP contribution is -1.99. The largest absolute Gasteiger partial charge is 0.507 e. The van der Waals surface area contributed by atoms with Gasteiger partial charge in [-0.25, -0.2) is 4.79 Å². The molecule has 4 rings (SSSR count). The maximum absolute atomic E-state index is 12.1. The van der Waals surface area contributed by atoms with Gasteiger partial charge >= 0.3 is 5.63 Å². The average molecular weight is 323 g/mol. The molecule has 0 atom stereocenters. The summed E-state index contributed by atoms with van der Waals surface area (Å²) >= 11 is 6.21. The Kier molecular flexibility index (Phi) is 3.10. The molecule has 0 unspecified atom stereocenters. The van der Waals surface area contributed by atoms with Crippen molar-refractivity contribution >= 4 is 33.3 Å². The minimum Gasteiger partial charge on any atom is -0.507 e. The second-order valence-electron chi connectivity index (χ2n) is 5.28. The predicted molar refractivity (Wildman–Crippen MR) is 92.1 cm³/mol. The summed E-state index contributed by atoms with van der Waals surface area (Å²) in [5, 5.41) is 12.7. The molecule has 0 aliphatic heterocycles. The number of phenolic OH excluding ortho intramolecular Hbond substituents is 1. The number of phenols is 1. The molecule has 0 saturated heterocycles. The molecular weight excluding hydrogens is 312 g/mol. The summed E-state index contributed by atoms with van der Waals surface area (Å²) in [6, 6.07) is 17.7. The predicted octanol–water partition coefficient (Wildman–Crippen LogP) is 4.97. The molecule has 1 N–H and O–H groups in total. The number of fused-ring (bicyclic) bond motifs is 3. The van der Waals surface area contributed by atoms with Crippen LogP contribution in [-0.2, 0) is 0 Å². The van der Waals surface area contributed by atoms with Gasteiger partial charge in [0, 0.05) is 16.0 Å². The van der Waals surface area contributed by atoms with Crippen LogP contribution in [0.15, 0.2) is 69.9 Å². The summed E-state index contributed by atoms with van der Waals surface area (Å²) in [5.74, 6) is 0.0531. The Morgan fingerprint density at radius 2 is 1.61 bits per heavy atom. The lowest BCUT2D eigenvalue weighted by atomic mass is 10.0. The molecule has 4 aromatic rings. The van der Waals surface area contributed by atoms with Crippen LogP contribution in [0.25, 0.3) is 32.9 Å². The van der Waals surface area contributed by atoms with Crippen LogP contribution >= 0.6 is 11.6 Å². The Morgan fingerprint density at radius 1 is 0.913 bits per heavy atom. The molecule has 3 nitrogen and oxygen atoms in total. The molecule has 0 radical (unpaired) electrons. The number of hydrogen-bond donors (Lipinski definition) is 1. The van der Waals surface area contributed by atoms with Crippen molar-refractivity contribution in [2.24, 2.45) is 0 Å². The number of rotatable bonds is 1. The molecule has 112 valence electrons. The SMILES string of the molecule is O=c1oc2cc(-c3ccccc3Cl)cc(O)c2c2ccccc12. The van der Waals surface area contributed by atoms with Crippen molar-refractivity contribution in [3.05, 3.63) is 76.1 Å². The van der Waals surface area contributed by atoms with Gasteiger partial charge in [0.05, 0.1) is 10.8 Å². The van der Waals surface area contributed by atoms with Crippen LogP contribution in [0.1, 0.15) is 0 Å². The third kappa shape index (κ3) is 2.17. The van der Waals surface area contributed by atoms with Crippen molar-refractivity contribution in [3.8, 4) is 16.9 Å². The monoisotopic (exact) mass is 322 g/mol. The van der Waals surface area contributed by atoms with Crippen LogP contribution in [0.3, 0.4) is 0 Å². The van der Waals surface area contributed by atoms with Crippen LogP contribution in [0.2, 0.25) is 5.02 Å². The van der Waals surface area contributed by atoms with Crippen molar-refractivity contribution in [1.29, 1.82) is 0 Å². The second kappa shape index (κ2) is 5.14. The van der Waals surface area contributed by atoms with Crippen molar-refractivity contribution < 1.29 is 9.52 Å². The molecule has 0 amide bonds. The molecule has 0 bridgehead atoms. The zero-order chi connectivity index (χ0) is 16.0. The van der Waals surface area contributed by atoms with E-state index in [1.165, 1.54) is 0 Å². The highest BCUT2D eigenvalue weighted by Crippen LogP contribution is 2.37. The first-order valence-corrected chi connectivity index (χ1v) is 7.46. The standard InChI is InChI=1S/C19H11ClO3/c20-15-8-4-3-5-12(15)11-9-16(21)18-13-6-1-2-7-14(13)19(22)23-17(18)10-11/h1-10,21H. The third-order valence-corrected chi connectivity index (χ3v) is 4.21. The summed E-state index contributed by atoms with van der Waals surface area (Å²) < 4.78 is 5.40. The fourth-order valence-corrected chi connectivity index (χ4v) is 3.08. The molecular formula is C19H11ClO3. The van der Waals surface area contributed by atoms with Crippen molar-refractivity contribution in [2.75, 3.05) is 0 Å². The average Bonchev–Trinajstić information content (AvgIpc) is 2.55. The highest BCUT2D eigenvalue weighted by atomic mass is 35.5. The number of halogens is 1. The highest BCUT2D eigenvalue weighted by Gasteiger charge is 2.13. The van der Waals surface area contributed by atoms with E-state index in [1.54, 1.807) is 36.4 Å². The zero-order valence-electron chi connectivity index (χ0n) is 11.9. The quantitative estimate of drug-likeness (QED) is 0.397. The van der Waals surface area contributed by atoms with E-state index in [9.17, 15) is 9.90 Å². The first-order valence-electron chi connectivity index (χ1n) is 7.08. The van der Waals surface area contributed by atoms with E-state index in [0.29, 0.717) is 32.3 Å². The maximum atomic E-state index is 12.1. The summed E-state index contributed by atoms with van der Waals surface area (Å²) in [6.45, 7) is 0. The Morgan fingerprint density at radius 3 is 2.39 bits per heavy atom. The van der Waals surface area contributed by atoms with Gasteiger partial charge in [0.15, 0.2) is 0 Å². The molecule has 1 aromatic heterocycles.